The molecule has 0 heterocycles. The maximum Gasteiger partial charge on any atom is 0.137 e. The molecule has 3 nitrogen and oxygen atoms in total. The van der Waals surface area contributed by atoms with Gasteiger partial charge >= 0.3 is 0 Å². The van der Waals surface area contributed by atoms with Crippen LogP contribution in [0.1, 0.15) is 5.56 Å². The van der Waals surface area contributed by atoms with Gasteiger partial charge in [-0.1, -0.05) is 17.7 Å². The summed E-state index contributed by atoms with van der Waals surface area (Å²) in [7, 11) is -3.51. The standard InChI is InChI=1S/C9H8NO2S/c1-8-3-5-9(6-4-8)13(11,12)7-10-2/h3-7H,1H3/q-1. The smallest absolute Gasteiger partial charge is 0.137 e. The Labute approximate surface area is 77.8 Å². The van der Waals surface area contributed by atoms with E-state index in [0.717, 1.165) is 5.56 Å². The quantitative estimate of drug-likeness (QED) is 0.673. The Morgan fingerprint density at radius 1 is 1.31 bits per heavy atom. The molecule has 0 unspecified atom stereocenters. The molecule has 0 aliphatic rings. The van der Waals surface area contributed by atoms with E-state index in [0.29, 0.717) is 5.88 Å². The summed E-state index contributed by atoms with van der Waals surface area (Å²) in [5, 5.41) is 0. The van der Waals surface area contributed by atoms with Gasteiger partial charge in [-0.3, -0.25) is 6.57 Å². The molecule has 0 amide bonds. The van der Waals surface area contributed by atoms with Crippen LogP contribution in [0.15, 0.2) is 29.2 Å². The van der Waals surface area contributed by atoms with Gasteiger partial charge < -0.3 is 4.85 Å². The lowest BCUT2D eigenvalue weighted by atomic mass is 10.2. The van der Waals surface area contributed by atoms with Crippen molar-refractivity contribution in [1.82, 2.24) is 0 Å². The second kappa shape index (κ2) is 3.50. The zero-order chi connectivity index (χ0) is 9.90. The van der Waals surface area contributed by atoms with E-state index in [2.05, 4.69) is 4.85 Å². The molecule has 1 rings (SSSR count). The van der Waals surface area contributed by atoms with E-state index in [4.69, 9.17) is 6.57 Å². The lowest BCUT2D eigenvalue weighted by Gasteiger charge is -2.03. The Balaban J connectivity index is 3.11. The minimum absolute atomic E-state index is 0.161. The molecule has 0 saturated carbocycles. The molecule has 0 bridgehead atoms. The highest BCUT2D eigenvalue weighted by atomic mass is 32.2. The molecule has 0 fully saturated rings. The highest BCUT2D eigenvalue weighted by molar-refractivity contribution is 7.93. The van der Waals surface area contributed by atoms with Gasteiger partial charge in [-0.15, -0.1) is 0 Å². The lowest BCUT2D eigenvalue weighted by Crippen LogP contribution is -1.98. The fourth-order valence-electron chi connectivity index (χ4n) is 0.858. The van der Waals surface area contributed by atoms with Crippen molar-refractivity contribution in [2.75, 3.05) is 0 Å². The number of rotatable bonds is 2. The van der Waals surface area contributed by atoms with Gasteiger partial charge in [-0.2, -0.15) is 0 Å². The van der Waals surface area contributed by atoms with Crippen LogP contribution in [0.3, 0.4) is 0 Å². The van der Waals surface area contributed by atoms with Crippen LogP contribution in [-0.4, -0.2) is 8.42 Å². The third-order valence-corrected chi connectivity index (χ3v) is 2.85. The van der Waals surface area contributed by atoms with E-state index in [1.165, 1.54) is 12.1 Å². The van der Waals surface area contributed by atoms with E-state index < -0.39 is 9.84 Å². The number of benzene rings is 1. The molecule has 0 aromatic heterocycles. The SMILES string of the molecule is [C-]#[N+][CH-]S(=O)(=O)c1ccc(C)cc1. The Bertz CT molecular complexity index is 426. The molecule has 1 aromatic carbocycles. The van der Waals surface area contributed by atoms with Gasteiger partial charge in [0.05, 0.1) is 5.88 Å². The molecular formula is C9H8NO2S-. The van der Waals surface area contributed by atoms with E-state index in [-0.39, 0.29) is 4.90 Å². The first-order valence-electron chi connectivity index (χ1n) is 3.58. The molecule has 0 radical (unpaired) electrons. The normalized spacial score (nSPS) is 10.5. The molecule has 1 aromatic rings. The summed E-state index contributed by atoms with van der Waals surface area (Å²) in [6.07, 6.45) is 0. The third kappa shape index (κ3) is 2.23. The summed E-state index contributed by atoms with van der Waals surface area (Å²) >= 11 is 0. The maximum absolute atomic E-state index is 11.3. The molecule has 0 aliphatic heterocycles. The van der Waals surface area contributed by atoms with Crippen LogP contribution in [0.25, 0.3) is 4.85 Å². The molecular weight excluding hydrogens is 186 g/mol. The zero-order valence-corrected chi connectivity index (χ0v) is 7.88. The Hall–Kier alpha value is -1.47. The van der Waals surface area contributed by atoms with Gasteiger partial charge in [0, 0.05) is 4.90 Å². The summed E-state index contributed by atoms with van der Waals surface area (Å²) in [6.45, 7) is 8.31. The van der Waals surface area contributed by atoms with Gasteiger partial charge in [0.2, 0.25) is 0 Å². The number of aryl methyl sites for hydroxylation is 1. The predicted octanol–water partition coefficient (Wildman–Crippen LogP) is 1.81. The second-order valence-electron chi connectivity index (χ2n) is 2.59. The Kier molecular flexibility index (Phi) is 2.59. The van der Waals surface area contributed by atoms with E-state index >= 15 is 0 Å². The molecule has 0 spiro atoms. The molecule has 68 valence electrons. The highest BCUT2D eigenvalue weighted by Gasteiger charge is 2.07. The number of nitrogens with zero attached hydrogens (tertiary/aromatic N) is 1. The van der Waals surface area contributed by atoms with Crippen molar-refractivity contribution in [3.8, 4) is 0 Å². The van der Waals surface area contributed by atoms with Crippen LogP contribution in [0, 0.1) is 19.4 Å². The van der Waals surface area contributed by atoms with Crippen molar-refractivity contribution in [2.24, 2.45) is 0 Å². The first-order chi connectivity index (χ1) is 6.06. The Morgan fingerprint density at radius 3 is 2.31 bits per heavy atom. The lowest BCUT2D eigenvalue weighted by molar-refractivity contribution is 0.602. The maximum atomic E-state index is 11.3. The molecule has 0 aliphatic carbocycles. The van der Waals surface area contributed by atoms with Gasteiger partial charge in [0.15, 0.2) is 0 Å². The largest absolute Gasteiger partial charge is 0.445 e. The minimum atomic E-state index is -3.51. The molecule has 4 heteroatoms. The fraction of sp³-hybridized carbons (Fsp3) is 0.111. The van der Waals surface area contributed by atoms with Crippen molar-refractivity contribution in [3.05, 3.63) is 47.1 Å². The molecule has 13 heavy (non-hydrogen) atoms. The van der Waals surface area contributed by atoms with Crippen molar-refractivity contribution in [2.45, 2.75) is 11.8 Å². The van der Waals surface area contributed by atoms with E-state index in [9.17, 15) is 8.42 Å². The van der Waals surface area contributed by atoms with Gasteiger partial charge in [0.1, 0.15) is 9.84 Å². The average molecular weight is 194 g/mol. The highest BCUT2D eigenvalue weighted by Crippen LogP contribution is 2.14. The van der Waals surface area contributed by atoms with Crippen molar-refractivity contribution < 1.29 is 8.42 Å². The van der Waals surface area contributed by atoms with Gasteiger partial charge in [-0.05, 0) is 19.1 Å². The second-order valence-corrected chi connectivity index (χ2v) is 4.36. The predicted molar refractivity (Wildman–Crippen MR) is 49.3 cm³/mol. The summed E-state index contributed by atoms with van der Waals surface area (Å²) in [4.78, 5) is 2.90. The topological polar surface area (TPSA) is 38.5 Å². The van der Waals surface area contributed by atoms with Crippen molar-refractivity contribution in [3.63, 3.8) is 0 Å². The summed E-state index contributed by atoms with van der Waals surface area (Å²) in [6, 6.07) is 6.38. The van der Waals surface area contributed by atoms with Crippen molar-refractivity contribution >= 4 is 9.84 Å². The summed E-state index contributed by atoms with van der Waals surface area (Å²) in [5.74, 6) is 0.623. The minimum Gasteiger partial charge on any atom is -0.445 e. The monoisotopic (exact) mass is 194 g/mol. The van der Waals surface area contributed by atoms with Crippen LogP contribution in [-0.2, 0) is 9.84 Å². The number of hydrogen-bond donors (Lipinski definition) is 0. The molecule has 0 N–H and O–H groups in total. The molecule has 0 atom stereocenters. The average Bonchev–Trinajstić information content (AvgIpc) is 2.05. The van der Waals surface area contributed by atoms with Gasteiger partial charge in [-0.25, -0.2) is 8.42 Å². The van der Waals surface area contributed by atoms with Crippen LogP contribution in [0.2, 0.25) is 0 Å². The summed E-state index contributed by atoms with van der Waals surface area (Å²) < 4.78 is 22.5. The van der Waals surface area contributed by atoms with Gasteiger partial charge in [0.25, 0.3) is 0 Å². The van der Waals surface area contributed by atoms with Crippen LogP contribution >= 0.6 is 0 Å². The zero-order valence-electron chi connectivity index (χ0n) is 7.06. The van der Waals surface area contributed by atoms with E-state index in [1.807, 2.05) is 6.92 Å². The number of sulfone groups is 1. The van der Waals surface area contributed by atoms with Crippen LogP contribution in [0.4, 0.5) is 0 Å². The first-order valence-corrected chi connectivity index (χ1v) is 5.12. The first kappa shape index (κ1) is 9.62. The molecule has 0 saturated heterocycles. The number of hydrogen-bond acceptors (Lipinski definition) is 2. The van der Waals surface area contributed by atoms with Crippen LogP contribution < -0.4 is 0 Å². The van der Waals surface area contributed by atoms with Crippen LogP contribution in [0.5, 0.6) is 0 Å². The van der Waals surface area contributed by atoms with E-state index in [1.54, 1.807) is 12.1 Å². The Morgan fingerprint density at radius 2 is 1.85 bits per heavy atom. The third-order valence-electron chi connectivity index (χ3n) is 1.54. The summed E-state index contributed by atoms with van der Waals surface area (Å²) in [5.41, 5.74) is 0.988. The van der Waals surface area contributed by atoms with Crippen molar-refractivity contribution in [1.29, 1.82) is 0 Å². The fourth-order valence-corrected chi connectivity index (χ4v) is 1.63.